The van der Waals surface area contributed by atoms with Crippen molar-refractivity contribution in [2.75, 3.05) is 19.8 Å². The molecule has 226 valence electrons. The van der Waals surface area contributed by atoms with Gasteiger partial charge in [-0.05, 0) is 107 Å². The van der Waals surface area contributed by atoms with Crippen molar-refractivity contribution in [2.45, 2.75) is 52.1 Å². The molecule has 4 nitrogen and oxygen atoms in total. The number of ether oxygens (including phenoxy) is 2. The summed E-state index contributed by atoms with van der Waals surface area (Å²) >= 11 is 0. The molecule has 0 fully saturated rings. The second-order valence-electron chi connectivity index (χ2n) is 10.8. The fourth-order valence-corrected chi connectivity index (χ4v) is 5.03. The first-order valence-electron chi connectivity index (χ1n) is 14.4. The Bertz CT molecular complexity index is 1590. The van der Waals surface area contributed by atoms with Gasteiger partial charge >= 0.3 is 12.1 Å². The molecule has 0 saturated heterocycles. The Hall–Kier alpha value is -4.10. The normalized spacial score (nSPS) is 11.5. The topological polar surface area (TPSA) is 55.8 Å². The Kier molecular flexibility index (Phi) is 10.6. The van der Waals surface area contributed by atoms with Gasteiger partial charge in [-0.25, -0.2) is 4.79 Å². The van der Waals surface area contributed by atoms with Crippen LogP contribution in [0.4, 0.5) is 13.2 Å². The largest absolute Gasteiger partial charge is 0.491 e. The SMILES string of the molecule is C=C(C)C(=O)OCCc1cc(-c2ccc3cc(-c4ccc(CCCCC(F)(F)F)c(C)c4)ccc3c2)ccc1OCCO. The highest BCUT2D eigenvalue weighted by molar-refractivity contribution is 5.91. The predicted molar refractivity (Wildman–Crippen MR) is 165 cm³/mol. The van der Waals surface area contributed by atoms with Gasteiger partial charge in [0.1, 0.15) is 12.4 Å². The molecule has 0 aliphatic heterocycles. The molecule has 0 aliphatic carbocycles. The number of rotatable bonds is 13. The van der Waals surface area contributed by atoms with E-state index in [0.717, 1.165) is 49.7 Å². The summed E-state index contributed by atoms with van der Waals surface area (Å²) in [6, 6.07) is 24.6. The van der Waals surface area contributed by atoms with Gasteiger partial charge in [0, 0.05) is 18.4 Å². The lowest BCUT2D eigenvalue weighted by Gasteiger charge is -2.14. The summed E-state index contributed by atoms with van der Waals surface area (Å²) in [6.45, 7) is 7.47. The molecule has 4 aromatic carbocycles. The van der Waals surface area contributed by atoms with E-state index in [4.69, 9.17) is 9.47 Å². The summed E-state index contributed by atoms with van der Waals surface area (Å²) < 4.78 is 48.3. The molecule has 0 atom stereocenters. The number of unbranched alkanes of at least 4 members (excludes halogenated alkanes) is 1. The third kappa shape index (κ3) is 8.94. The zero-order valence-corrected chi connectivity index (χ0v) is 24.6. The molecular weight excluding hydrogens is 553 g/mol. The second-order valence-corrected chi connectivity index (χ2v) is 10.8. The Morgan fingerprint density at radius 1 is 0.791 bits per heavy atom. The van der Waals surface area contributed by atoms with Crippen molar-refractivity contribution in [1.82, 2.24) is 0 Å². The summed E-state index contributed by atoms with van der Waals surface area (Å²) in [5, 5.41) is 11.4. The number of carbonyl (C=O) groups is 1. The summed E-state index contributed by atoms with van der Waals surface area (Å²) in [7, 11) is 0. The van der Waals surface area contributed by atoms with Crippen LogP contribution in [0.2, 0.25) is 0 Å². The van der Waals surface area contributed by atoms with Crippen molar-refractivity contribution in [2.24, 2.45) is 0 Å². The fraction of sp³-hybridized carbons (Fsp3) is 0.306. The highest BCUT2D eigenvalue weighted by Gasteiger charge is 2.25. The molecule has 0 bridgehead atoms. The summed E-state index contributed by atoms with van der Waals surface area (Å²) in [5.74, 6) is 0.200. The molecule has 0 amide bonds. The fourth-order valence-electron chi connectivity index (χ4n) is 5.03. The minimum Gasteiger partial charge on any atom is -0.491 e. The quantitative estimate of drug-likeness (QED) is 0.0961. The average molecular weight is 591 g/mol. The molecule has 0 radical (unpaired) electrons. The number of aliphatic hydroxyl groups is 1. The maximum absolute atomic E-state index is 12.4. The van der Waals surface area contributed by atoms with Crippen LogP contribution in [0, 0.1) is 6.92 Å². The van der Waals surface area contributed by atoms with Crippen molar-refractivity contribution in [3.05, 3.63) is 102 Å². The van der Waals surface area contributed by atoms with E-state index < -0.39 is 18.6 Å². The third-order valence-corrected chi connectivity index (χ3v) is 7.37. The zero-order valence-electron chi connectivity index (χ0n) is 24.6. The number of fused-ring (bicyclic) bond motifs is 1. The Balaban J connectivity index is 1.51. The zero-order chi connectivity index (χ0) is 31.0. The molecule has 0 spiro atoms. The van der Waals surface area contributed by atoms with Gasteiger partial charge in [0.2, 0.25) is 0 Å². The van der Waals surface area contributed by atoms with Crippen LogP contribution in [0.3, 0.4) is 0 Å². The number of halogens is 3. The molecule has 0 aromatic heterocycles. The minimum atomic E-state index is -4.10. The molecule has 7 heteroatoms. The standard InChI is InChI=1S/C36H37F3O4/c1-24(2)35(41)43-18-15-33-23-32(13-14-34(33)42-19-17-40)31-12-11-29-21-28(9-10-30(29)22-31)27-8-7-26(25(3)20-27)6-4-5-16-36(37,38)39/h7-14,20-23,40H,1,4-6,15-19H2,2-3H3. The van der Waals surface area contributed by atoms with Gasteiger partial charge in [-0.15, -0.1) is 0 Å². The van der Waals surface area contributed by atoms with E-state index in [1.807, 2.05) is 37.3 Å². The molecule has 43 heavy (non-hydrogen) atoms. The van der Waals surface area contributed by atoms with Crippen LogP contribution in [-0.2, 0) is 22.4 Å². The number of hydrogen-bond donors (Lipinski definition) is 1. The lowest BCUT2D eigenvalue weighted by molar-refractivity contribution is -0.139. The van der Waals surface area contributed by atoms with Gasteiger partial charge in [0.15, 0.2) is 0 Å². The van der Waals surface area contributed by atoms with E-state index in [1.54, 1.807) is 6.92 Å². The second kappa shape index (κ2) is 14.4. The van der Waals surface area contributed by atoms with Gasteiger partial charge in [0.05, 0.1) is 13.2 Å². The third-order valence-electron chi connectivity index (χ3n) is 7.37. The summed E-state index contributed by atoms with van der Waals surface area (Å²) in [5.41, 5.74) is 7.53. The van der Waals surface area contributed by atoms with Crippen LogP contribution in [0.25, 0.3) is 33.0 Å². The number of alkyl halides is 3. The van der Waals surface area contributed by atoms with Gasteiger partial charge in [-0.2, -0.15) is 13.2 Å². The van der Waals surface area contributed by atoms with Crippen LogP contribution < -0.4 is 4.74 Å². The summed E-state index contributed by atoms with van der Waals surface area (Å²) in [4.78, 5) is 11.8. The Morgan fingerprint density at radius 2 is 1.40 bits per heavy atom. The molecule has 4 rings (SSSR count). The maximum Gasteiger partial charge on any atom is 0.389 e. The van der Waals surface area contributed by atoms with Crippen molar-refractivity contribution in [3.8, 4) is 28.0 Å². The minimum absolute atomic E-state index is 0.104. The average Bonchev–Trinajstić information content (AvgIpc) is 2.98. The highest BCUT2D eigenvalue weighted by atomic mass is 19.4. The van der Waals surface area contributed by atoms with Crippen molar-refractivity contribution < 1.29 is 32.5 Å². The van der Waals surface area contributed by atoms with Crippen LogP contribution in [0.15, 0.2) is 84.9 Å². The number of benzene rings is 4. The molecule has 0 heterocycles. The lowest BCUT2D eigenvalue weighted by atomic mass is 9.94. The molecule has 0 saturated carbocycles. The maximum atomic E-state index is 12.4. The van der Waals surface area contributed by atoms with Crippen molar-refractivity contribution in [3.63, 3.8) is 0 Å². The van der Waals surface area contributed by atoms with Crippen molar-refractivity contribution >= 4 is 16.7 Å². The molecule has 0 unspecified atom stereocenters. The van der Waals surface area contributed by atoms with Gasteiger partial charge < -0.3 is 14.6 Å². The van der Waals surface area contributed by atoms with E-state index >= 15 is 0 Å². The first kappa shape index (κ1) is 31.8. The summed E-state index contributed by atoms with van der Waals surface area (Å²) in [6.07, 6.45) is -3.08. The monoisotopic (exact) mass is 590 g/mol. The molecule has 0 aliphatic rings. The van der Waals surface area contributed by atoms with E-state index in [-0.39, 0.29) is 26.2 Å². The first-order valence-corrected chi connectivity index (χ1v) is 14.4. The van der Waals surface area contributed by atoms with E-state index in [1.165, 1.54) is 0 Å². The van der Waals surface area contributed by atoms with Crippen LogP contribution >= 0.6 is 0 Å². The van der Waals surface area contributed by atoms with E-state index in [2.05, 4.69) is 49.0 Å². The first-order chi connectivity index (χ1) is 20.5. The highest BCUT2D eigenvalue weighted by Crippen LogP contribution is 2.32. The molecule has 4 aromatic rings. The van der Waals surface area contributed by atoms with Crippen LogP contribution in [-0.4, -0.2) is 37.1 Å². The number of hydrogen-bond acceptors (Lipinski definition) is 4. The van der Waals surface area contributed by atoms with E-state index in [0.29, 0.717) is 30.6 Å². The van der Waals surface area contributed by atoms with Crippen molar-refractivity contribution in [1.29, 1.82) is 0 Å². The number of aliphatic hydroxyl groups excluding tert-OH is 1. The molecule has 1 N–H and O–H groups in total. The van der Waals surface area contributed by atoms with Gasteiger partial charge in [-0.3, -0.25) is 0 Å². The van der Waals surface area contributed by atoms with Gasteiger partial charge in [-0.1, -0.05) is 55.1 Å². The van der Waals surface area contributed by atoms with Gasteiger partial charge in [0.25, 0.3) is 0 Å². The number of esters is 1. The number of carbonyl (C=O) groups excluding carboxylic acids is 1. The van der Waals surface area contributed by atoms with E-state index in [9.17, 15) is 23.1 Å². The van der Waals surface area contributed by atoms with Crippen LogP contribution in [0.1, 0.15) is 42.9 Å². The Labute approximate surface area is 250 Å². The molecular formula is C36H37F3O4. The number of aryl methyl sites for hydroxylation is 2. The predicted octanol–water partition coefficient (Wildman–Crippen LogP) is 8.79. The lowest BCUT2D eigenvalue weighted by Crippen LogP contribution is -2.10. The van der Waals surface area contributed by atoms with Crippen LogP contribution in [0.5, 0.6) is 5.75 Å². The Morgan fingerprint density at radius 3 is 2.00 bits per heavy atom. The smallest absolute Gasteiger partial charge is 0.389 e.